The van der Waals surface area contributed by atoms with Gasteiger partial charge in [0.15, 0.2) is 0 Å². The predicted molar refractivity (Wildman–Crippen MR) is 111 cm³/mol. The third kappa shape index (κ3) is 5.46. The molecule has 0 fully saturated rings. The highest BCUT2D eigenvalue weighted by Gasteiger charge is 2.34. The first-order valence-electron chi connectivity index (χ1n) is 10.3. The van der Waals surface area contributed by atoms with Gasteiger partial charge in [0.1, 0.15) is 0 Å². The Hall–Kier alpha value is -1.05. The van der Waals surface area contributed by atoms with Crippen LogP contribution in [-0.4, -0.2) is 16.8 Å². The molecule has 0 aliphatic carbocycles. The molecule has 0 N–H and O–H groups in total. The van der Waals surface area contributed by atoms with Crippen molar-refractivity contribution >= 4 is 5.91 Å². The van der Waals surface area contributed by atoms with Crippen molar-refractivity contribution in [3.8, 4) is 0 Å². The number of hydrogen-bond donors (Lipinski definition) is 0. The summed E-state index contributed by atoms with van der Waals surface area (Å²) in [5, 5.41) is 0. The molecule has 1 aliphatic heterocycles. The second-order valence-electron chi connectivity index (χ2n) is 8.39. The summed E-state index contributed by atoms with van der Waals surface area (Å²) in [4.78, 5) is 15.2. The van der Waals surface area contributed by atoms with E-state index >= 15 is 0 Å². The highest BCUT2D eigenvalue weighted by atomic mass is 16.2. The van der Waals surface area contributed by atoms with Gasteiger partial charge in [-0.25, -0.2) is 0 Å². The number of nitrogens with zero attached hydrogens (tertiary/aromatic N) is 1. The van der Waals surface area contributed by atoms with Crippen LogP contribution in [0.3, 0.4) is 0 Å². The van der Waals surface area contributed by atoms with Crippen LogP contribution in [0.5, 0.6) is 0 Å². The summed E-state index contributed by atoms with van der Waals surface area (Å²) in [6.45, 7) is 26.2. The Bertz CT molecular complexity index is 504. The average molecular weight is 350 g/mol. The quantitative estimate of drug-likeness (QED) is 0.532. The topological polar surface area (TPSA) is 20.3 Å². The largest absolute Gasteiger partial charge is 0.313 e. The van der Waals surface area contributed by atoms with E-state index in [1.165, 1.54) is 22.4 Å². The van der Waals surface area contributed by atoms with Crippen molar-refractivity contribution in [3.05, 3.63) is 22.4 Å². The lowest BCUT2D eigenvalue weighted by atomic mass is 9.79. The maximum absolute atomic E-state index is 13.1. The third-order valence-corrected chi connectivity index (χ3v) is 4.70. The van der Waals surface area contributed by atoms with Crippen LogP contribution in [-0.2, 0) is 4.79 Å². The molecule has 1 amide bonds. The van der Waals surface area contributed by atoms with Gasteiger partial charge >= 0.3 is 0 Å². The zero-order chi connectivity index (χ0) is 20.1. The van der Waals surface area contributed by atoms with Gasteiger partial charge in [-0.15, -0.1) is 0 Å². The zero-order valence-electron chi connectivity index (χ0n) is 18.9. The summed E-state index contributed by atoms with van der Waals surface area (Å²) in [6.07, 6.45) is 0.565. The molecule has 1 heterocycles. The van der Waals surface area contributed by atoms with Crippen LogP contribution in [0, 0.1) is 23.7 Å². The highest BCUT2D eigenvalue weighted by Crippen LogP contribution is 2.41. The molecule has 0 bridgehead atoms. The van der Waals surface area contributed by atoms with E-state index in [4.69, 9.17) is 0 Å². The summed E-state index contributed by atoms with van der Waals surface area (Å²) in [5.74, 6) is 1.88. The summed E-state index contributed by atoms with van der Waals surface area (Å²) in [7, 11) is 0. The minimum atomic E-state index is 0.202. The number of carbonyl (C=O) groups excluding carboxylic acids is 1. The summed E-state index contributed by atoms with van der Waals surface area (Å²) < 4.78 is 0. The molecule has 146 valence electrons. The molecule has 0 atom stereocenters. The van der Waals surface area contributed by atoms with E-state index in [2.05, 4.69) is 74.1 Å². The number of carbonyl (C=O) groups is 1. The lowest BCUT2D eigenvalue weighted by Gasteiger charge is -2.34. The Kier molecular flexibility index (Phi) is 9.76. The van der Waals surface area contributed by atoms with Crippen LogP contribution in [0.2, 0.25) is 0 Å². The molecule has 25 heavy (non-hydrogen) atoms. The van der Waals surface area contributed by atoms with Crippen molar-refractivity contribution in [1.82, 2.24) is 4.90 Å². The standard InChI is InChI=1S/C21H37NO.C2H6/c1-12(2)17-11-18(23)22(16(9)10)21(15(7)8)20(14(5)6)19(17)13(3)4;1-2/h12-16H,11H2,1-10H3;1-2H3. The number of rotatable bonds is 5. The fourth-order valence-corrected chi connectivity index (χ4v) is 3.88. The average Bonchev–Trinajstić information content (AvgIpc) is 2.63. The molecule has 1 rings (SSSR count). The van der Waals surface area contributed by atoms with Crippen molar-refractivity contribution in [2.24, 2.45) is 23.7 Å². The Morgan fingerprint density at radius 3 is 1.40 bits per heavy atom. The van der Waals surface area contributed by atoms with Gasteiger partial charge in [0, 0.05) is 18.2 Å². The minimum Gasteiger partial charge on any atom is -0.313 e. The molecule has 0 aromatic heterocycles. The van der Waals surface area contributed by atoms with E-state index in [1.54, 1.807) is 0 Å². The maximum Gasteiger partial charge on any atom is 0.231 e. The fraction of sp³-hybridized carbons (Fsp3) is 0.783. The molecule has 0 saturated carbocycles. The first kappa shape index (κ1) is 23.9. The molecule has 0 aromatic carbocycles. The van der Waals surface area contributed by atoms with Crippen LogP contribution in [0.25, 0.3) is 0 Å². The molecule has 2 nitrogen and oxygen atoms in total. The van der Waals surface area contributed by atoms with E-state index in [0.717, 1.165) is 0 Å². The van der Waals surface area contributed by atoms with Crippen LogP contribution in [0.1, 0.15) is 89.5 Å². The van der Waals surface area contributed by atoms with Gasteiger partial charge in [-0.2, -0.15) is 0 Å². The molecular weight excluding hydrogens is 306 g/mol. The van der Waals surface area contributed by atoms with E-state index < -0.39 is 0 Å². The van der Waals surface area contributed by atoms with Gasteiger partial charge < -0.3 is 4.90 Å². The van der Waals surface area contributed by atoms with E-state index in [1.807, 2.05) is 13.8 Å². The van der Waals surface area contributed by atoms with Crippen LogP contribution in [0.4, 0.5) is 0 Å². The van der Waals surface area contributed by atoms with Crippen LogP contribution in [0.15, 0.2) is 22.4 Å². The number of allylic oxidation sites excluding steroid dienone is 3. The second-order valence-corrected chi connectivity index (χ2v) is 8.39. The molecule has 0 unspecified atom stereocenters. The Labute approximate surface area is 157 Å². The molecule has 2 heteroatoms. The normalized spacial score (nSPS) is 16.5. The molecular formula is C23H43NO. The van der Waals surface area contributed by atoms with Crippen molar-refractivity contribution < 1.29 is 4.79 Å². The summed E-state index contributed by atoms with van der Waals surface area (Å²) in [5.41, 5.74) is 5.45. The van der Waals surface area contributed by atoms with Crippen molar-refractivity contribution in [1.29, 1.82) is 0 Å². The number of hydrogen-bond acceptors (Lipinski definition) is 1. The van der Waals surface area contributed by atoms with Gasteiger partial charge in [-0.3, -0.25) is 4.79 Å². The fourth-order valence-electron chi connectivity index (χ4n) is 3.88. The van der Waals surface area contributed by atoms with Gasteiger partial charge in [0.25, 0.3) is 0 Å². The molecule has 1 aliphatic rings. The summed E-state index contributed by atoms with van der Waals surface area (Å²) in [6, 6.07) is 0.202. The monoisotopic (exact) mass is 349 g/mol. The van der Waals surface area contributed by atoms with Crippen molar-refractivity contribution in [2.75, 3.05) is 0 Å². The lowest BCUT2D eigenvalue weighted by Crippen LogP contribution is -2.38. The molecule has 0 saturated heterocycles. The smallest absolute Gasteiger partial charge is 0.231 e. The second kappa shape index (κ2) is 10.2. The first-order valence-corrected chi connectivity index (χ1v) is 10.3. The number of amides is 1. The van der Waals surface area contributed by atoms with Gasteiger partial charge in [-0.1, -0.05) is 74.8 Å². The Balaban J connectivity index is 0.00000277. The molecule has 0 spiro atoms. The van der Waals surface area contributed by atoms with Crippen LogP contribution >= 0.6 is 0 Å². The highest BCUT2D eigenvalue weighted by molar-refractivity contribution is 5.83. The molecule has 0 radical (unpaired) electrons. The van der Waals surface area contributed by atoms with Crippen molar-refractivity contribution in [2.45, 2.75) is 95.5 Å². The first-order chi connectivity index (χ1) is 11.5. The zero-order valence-corrected chi connectivity index (χ0v) is 18.9. The Morgan fingerprint density at radius 2 is 1.12 bits per heavy atom. The van der Waals surface area contributed by atoms with E-state index in [0.29, 0.717) is 30.1 Å². The van der Waals surface area contributed by atoms with Crippen molar-refractivity contribution in [3.63, 3.8) is 0 Å². The summed E-state index contributed by atoms with van der Waals surface area (Å²) >= 11 is 0. The minimum absolute atomic E-state index is 0.202. The van der Waals surface area contributed by atoms with E-state index in [9.17, 15) is 4.79 Å². The lowest BCUT2D eigenvalue weighted by molar-refractivity contribution is -0.130. The van der Waals surface area contributed by atoms with E-state index in [-0.39, 0.29) is 11.9 Å². The van der Waals surface area contributed by atoms with Gasteiger partial charge in [0.2, 0.25) is 5.91 Å². The van der Waals surface area contributed by atoms with Gasteiger partial charge in [0.05, 0.1) is 0 Å². The molecule has 0 aromatic rings. The predicted octanol–water partition coefficient (Wildman–Crippen LogP) is 6.83. The third-order valence-electron chi connectivity index (χ3n) is 4.70. The van der Waals surface area contributed by atoms with Gasteiger partial charge in [-0.05, 0) is 48.7 Å². The van der Waals surface area contributed by atoms with Crippen LogP contribution < -0.4 is 0 Å². The Morgan fingerprint density at radius 1 is 0.680 bits per heavy atom. The SMILES string of the molecule is CC.CC(C)C1=C(C(C)C)C(C(C)C)=C(C(C)C)N(C(C)C)C(=O)C1. The maximum atomic E-state index is 13.1.